The lowest BCUT2D eigenvalue weighted by molar-refractivity contribution is -0.134. The Kier molecular flexibility index (Phi) is 6.25. The summed E-state index contributed by atoms with van der Waals surface area (Å²) in [7, 11) is 0. The van der Waals surface area contributed by atoms with E-state index >= 15 is 0 Å². The number of carbonyl (C=O) groups is 2. The smallest absolute Gasteiger partial charge is 0.271 e. The van der Waals surface area contributed by atoms with Crippen molar-refractivity contribution < 1.29 is 14.0 Å². The molecular weight excluding hydrogens is 416 g/mol. The van der Waals surface area contributed by atoms with Crippen LogP contribution in [0.1, 0.15) is 82.1 Å². The molecule has 2 aliphatic heterocycles. The van der Waals surface area contributed by atoms with Gasteiger partial charge in [0.25, 0.3) is 5.91 Å². The van der Waals surface area contributed by atoms with E-state index in [0.29, 0.717) is 30.4 Å². The lowest BCUT2D eigenvalue weighted by atomic mass is 9.91. The molecule has 3 aliphatic rings. The van der Waals surface area contributed by atoms with Crippen molar-refractivity contribution in [3.8, 4) is 0 Å². The van der Waals surface area contributed by atoms with Crippen molar-refractivity contribution in [1.29, 1.82) is 0 Å². The number of aromatic nitrogens is 1. The average Bonchev–Trinajstić information content (AvgIpc) is 3.49. The molecule has 2 atom stereocenters. The van der Waals surface area contributed by atoms with Crippen LogP contribution in [0.3, 0.4) is 0 Å². The quantitative estimate of drug-likeness (QED) is 0.736. The van der Waals surface area contributed by atoms with Gasteiger partial charge in [-0.2, -0.15) is 0 Å². The molecule has 4 heterocycles. The third kappa shape index (κ3) is 4.09. The Morgan fingerprint density at radius 1 is 1.15 bits per heavy atom. The van der Waals surface area contributed by atoms with Crippen LogP contribution in [0.25, 0.3) is 11.1 Å². The number of fused-ring (bicyclic) bond motifs is 3. The molecule has 0 aromatic carbocycles. The molecule has 1 saturated heterocycles. The first-order valence-corrected chi connectivity index (χ1v) is 12.9. The zero-order valence-electron chi connectivity index (χ0n) is 20.1. The summed E-state index contributed by atoms with van der Waals surface area (Å²) in [5, 5.41) is 3.38. The van der Waals surface area contributed by atoms with E-state index < -0.39 is 5.54 Å². The number of hydrogen-bond acceptors (Lipinski definition) is 4. The van der Waals surface area contributed by atoms with Gasteiger partial charge in [-0.05, 0) is 45.7 Å². The molecule has 0 radical (unpaired) electrons. The number of rotatable bonds is 5. The van der Waals surface area contributed by atoms with E-state index in [2.05, 4.69) is 17.1 Å². The van der Waals surface area contributed by atoms with Crippen molar-refractivity contribution in [3.63, 3.8) is 0 Å². The highest BCUT2D eigenvalue weighted by Crippen LogP contribution is 2.34. The van der Waals surface area contributed by atoms with Crippen LogP contribution in [0.2, 0.25) is 0 Å². The molecule has 5 rings (SSSR count). The molecule has 0 spiro atoms. The summed E-state index contributed by atoms with van der Waals surface area (Å²) in [6, 6.07) is 4.23. The number of furan rings is 1. The first-order chi connectivity index (χ1) is 16.0. The fraction of sp³-hybridized carbons (Fsp3) is 0.692. The Hall–Kier alpha value is -2.28. The number of amides is 2. The van der Waals surface area contributed by atoms with E-state index in [1.54, 1.807) is 6.26 Å². The summed E-state index contributed by atoms with van der Waals surface area (Å²) >= 11 is 0. The van der Waals surface area contributed by atoms with Gasteiger partial charge in [0.05, 0.1) is 18.3 Å². The molecule has 2 fully saturated rings. The SMILES string of the molecule is CCN1CCCC1CN1C(=O)c2cc3occc3n2CC1(C)C(=O)NC1CCCCCCC1. The minimum atomic E-state index is -0.933. The maximum atomic E-state index is 13.9. The number of nitrogens with one attached hydrogen (secondary N) is 1. The zero-order chi connectivity index (χ0) is 23.0. The predicted octanol–water partition coefficient (Wildman–Crippen LogP) is 4.16. The van der Waals surface area contributed by atoms with E-state index in [1.807, 2.05) is 28.5 Å². The number of likely N-dealkylation sites (N-methyl/N-ethyl adjacent to an activating group) is 1. The Bertz CT molecular complexity index is 1000. The topological polar surface area (TPSA) is 70.7 Å². The normalized spacial score (nSPS) is 27.5. The van der Waals surface area contributed by atoms with Gasteiger partial charge in [0.15, 0.2) is 5.58 Å². The fourth-order valence-corrected chi connectivity index (χ4v) is 6.23. The molecule has 7 nitrogen and oxygen atoms in total. The maximum absolute atomic E-state index is 13.9. The number of nitrogens with zero attached hydrogens (tertiary/aromatic N) is 3. The standard InChI is InChI=1S/C26H38N4O3/c1-3-28-14-9-12-20(28)17-30-24(31)22-16-23-21(13-15-33-23)29(22)18-26(30,2)25(32)27-19-10-7-5-4-6-8-11-19/h13,15-16,19-20H,3-12,14,17-18H2,1-2H3,(H,27,32). The largest absolute Gasteiger partial charge is 0.463 e. The van der Waals surface area contributed by atoms with Crippen LogP contribution < -0.4 is 5.32 Å². The van der Waals surface area contributed by atoms with Crippen LogP contribution >= 0.6 is 0 Å². The average molecular weight is 455 g/mol. The summed E-state index contributed by atoms with van der Waals surface area (Å²) < 4.78 is 7.59. The molecule has 1 aliphatic carbocycles. The van der Waals surface area contributed by atoms with Crippen LogP contribution in [-0.2, 0) is 11.3 Å². The first kappa shape index (κ1) is 22.5. The van der Waals surface area contributed by atoms with Crippen molar-refractivity contribution in [2.24, 2.45) is 0 Å². The zero-order valence-corrected chi connectivity index (χ0v) is 20.1. The first-order valence-electron chi connectivity index (χ1n) is 12.9. The minimum absolute atomic E-state index is 0.0153. The Balaban J connectivity index is 1.46. The third-order valence-electron chi connectivity index (χ3n) is 8.28. The number of likely N-dealkylation sites (tertiary alicyclic amines) is 1. The van der Waals surface area contributed by atoms with Gasteiger partial charge in [-0.15, -0.1) is 0 Å². The monoisotopic (exact) mass is 454 g/mol. The van der Waals surface area contributed by atoms with Gasteiger partial charge in [0.1, 0.15) is 11.2 Å². The molecule has 1 saturated carbocycles. The second-order valence-electron chi connectivity index (χ2n) is 10.4. The number of carbonyl (C=O) groups excluding carboxylic acids is 2. The van der Waals surface area contributed by atoms with Gasteiger partial charge >= 0.3 is 0 Å². The second-order valence-corrected chi connectivity index (χ2v) is 10.4. The van der Waals surface area contributed by atoms with Gasteiger partial charge in [0.2, 0.25) is 5.91 Å². The minimum Gasteiger partial charge on any atom is -0.463 e. The summed E-state index contributed by atoms with van der Waals surface area (Å²) in [6.45, 7) is 7.22. The van der Waals surface area contributed by atoms with Crippen molar-refractivity contribution in [1.82, 2.24) is 19.7 Å². The highest BCUT2D eigenvalue weighted by molar-refractivity contribution is 6.03. The second kappa shape index (κ2) is 9.16. The third-order valence-corrected chi connectivity index (χ3v) is 8.28. The summed E-state index contributed by atoms with van der Waals surface area (Å²) in [5.41, 5.74) is 1.29. The lowest BCUT2D eigenvalue weighted by Gasteiger charge is -2.46. The Labute approximate surface area is 196 Å². The van der Waals surface area contributed by atoms with Gasteiger partial charge in [-0.25, -0.2) is 0 Å². The van der Waals surface area contributed by atoms with E-state index in [4.69, 9.17) is 4.42 Å². The lowest BCUT2D eigenvalue weighted by Crippen LogP contribution is -2.66. The van der Waals surface area contributed by atoms with Gasteiger partial charge in [-0.1, -0.05) is 39.0 Å². The molecule has 2 aromatic heterocycles. The van der Waals surface area contributed by atoms with E-state index in [9.17, 15) is 9.59 Å². The Morgan fingerprint density at radius 3 is 2.67 bits per heavy atom. The molecular formula is C26H38N4O3. The van der Waals surface area contributed by atoms with Gasteiger partial charge in [0, 0.05) is 30.8 Å². The number of hydrogen-bond donors (Lipinski definition) is 1. The van der Waals surface area contributed by atoms with Crippen molar-refractivity contribution in [3.05, 3.63) is 24.1 Å². The van der Waals surface area contributed by atoms with Crippen molar-refractivity contribution in [2.45, 2.75) is 95.8 Å². The summed E-state index contributed by atoms with van der Waals surface area (Å²) in [4.78, 5) is 32.1. The van der Waals surface area contributed by atoms with E-state index in [-0.39, 0.29) is 17.9 Å². The van der Waals surface area contributed by atoms with Crippen LogP contribution in [0, 0.1) is 0 Å². The van der Waals surface area contributed by atoms with Crippen LogP contribution in [0.15, 0.2) is 22.8 Å². The van der Waals surface area contributed by atoms with Crippen LogP contribution in [-0.4, -0.2) is 63.4 Å². The fourth-order valence-electron chi connectivity index (χ4n) is 6.23. The van der Waals surface area contributed by atoms with Gasteiger partial charge < -0.3 is 19.2 Å². The Morgan fingerprint density at radius 2 is 1.91 bits per heavy atom. The molecule has 33 heavy (non-hydrogen) atoms. The van der Waals surface area contributed by atoms with Crippen molar-refractivity contribution in [2.75, 3.05) is 19.6 Å². The molecule has 1 N–H and O–H groups in total. The summed E-state index contributed by atoms with van der Waals surface area (Å²) in [5.74, 6) is -0.0793. The summed E-state index contributed by atoms with van der Waals surface area (Å²) in [6.07, 6.45) is 12.0. The predicted molar refractivity (Wildman–Crippen MR) is 128 cm³/mol. The molecule has 7 heteroatoms. The van der Waals surface area contributed by atoms with Gasteiger partial charge in [-0.3, -0.25) is 14.5 Å². The van der Waals surface area contributed by atoms with Crippen molar-refractivity contribution >= 4 is 22.9 Å². The van der Waals surface area contributed by atoms with E-state index in [1.165, 1.54) is 19.3 Å². The molecule has 2 aromatic rings. The highest BCUT2D eigenvalue weighted by atomic mass is 16.3. The molecule has 2 amide bonds. The van der Waals surface area contributed by atoms with Crippen LogP contribution in [0.4, 0.5) is 0 Å². The molecule has 0 bridgehead atoms. The van der Waals surface area contributed by atoms with E-state index in [0.717, 1.165) is 57.1 Å². The molecule has 180 valence electrons. The highest BCUT2D eigenvalue weighted by Gasteiger charge is 2.49. The maximum Gasteiger partial charge on any atom is 0.271 e. The molecule has 2 unspecified atom stereocenters. The van der Waals surface area contributed by atoms with Crippen LogP contribution in [0.5, 0.6) is 0 Å².